The topological polar surface area (TPSA) is 18.5 Å². The summed E-state index contributed by atoms with van der Waals surface area (Å²) >= 11 is 0. The number of nitrogens with one attached hydrogen (secondary N) is 1. The molecule has 1 aliphatic rings. The molecule has 0 bridgehead atoms. The molecule has 0 unspecified atom stereocenters. The van der Waals surface area contributed by atoms with Crippen molar-refractivity contribution < 1.29 is 0 Å². The van der Waals surface area contributed by atoms with E-state index in [0.717, 1.165) is 11.4 Å². The largest absolute Gasteiger partial charge is 0.377 e. The molecule has 3 nitrogen and oxygen atoms in total. The fraction of sp³-hybridized carbons (Fsp3) is 0.143. The van der Waals surface area contributed by atoms with Crippen LogP contribution in [0.4, 0.5) is 34.1 Å². The van der Waals surface area contributed by atoms with E-state index >= 15 is 0 Å². The third-order valence-corrected chi connectivity index (χ3v) is 4.54. The fourth-order valence-electron chi connectivity index (χ4n) is 3.45. The normalized spacial score (nSPS) is 12.2. The molecule has 1 heterocycles. The van der Waals surface area contributed by atoms with E-state index in [4.69, 9.17) is 0 Å². The van der Waals surface area contributed by atoms with Crippen LogP contribution < -0.4 is 15.1 Å². The van der Waals surface area contributed by atoms with E-state index in [1.807, 2.05) is 0 Å². The van der Waals surface area contributed by atoms with Crippen LogP contribution in [0.3, 0.4) is 0 Å². The standard InChI is InChI=1S/C21H21N3/c1-15-19(23(2)3)14-13-18-21(15)24(16-9-5-4-6-10-16)20-12-8-7-11-17(20)22-18/h4-14,22H,1-3H3. The minimum absolute atomic E-state index is 1.13. The Bertz CT molecular complexity index is 885. The van der Waals surface area contributed by atoms with Crippen molar-refractivity contribution in [3.05, 3.63) is 72.3 Å². The van der Waals surface area contributed by atoms with Crippen LogP contribution in [0.5, 0.6) is 0 Å². The second kappa shape index (κ2) is 5.60. The van der Waals surface area contributed by atoms with Gasteiger partial charge in [-0.2, -0.15) is 0 Å². The molecule has 0 radical (unpaired) electrons. The average molecular weight is 315 g/mol. The lowest BCUT2D eigenvalue weighted by Crippen LogP contribution is -2.20. The fourth-order valence-corrected chi connectivity index (χ4v) is 3.45. The number of rotatable bonds is 2. The van der Waals surface area contributed by atoms with Gasteiger partial charge in [0, 0.05) is 25.5 Å². The molecule has 0 saturated carbocycles. The van der Waals surface area contributed by atoms with Crippen LogP contribution in [0, 0.1) is 6.92 Å². The molecule has 1 N–H and O–H groups in total. The molecule has 24 heavy (non-hydrogen) atoms. The zero-order valence-corrected chi connectivity index (χ0v) is 14.2. The number of benzene rings is 3. The molecule has 3 heteroatoms. The lowest BCUT2D eigenvalue weighted by atomic mass is 10.0. The van der Waals surface area contributed by atoms with Crippen molar-refractivity contribution in [1.82, 2.24) is 0 Å². The van der Waals surface area contributed by atoms with E-state index in [1.54, 1.807) is 0 Å². The van der Waals surface area contributed by atoms with E-state index in [-0.39, 0.29) is 0 Å². The molecule has 3 aromatic carbocycles. The first kappa shape index (κ1) is 14.6. The highest BCUT2D eigenvalue weighted by Crippen LogP contribution is 2.50. The maximum atomic E-state index is 3.59. The van der Waals surface area contributed by atoms with E-state index in [9.17, 15) is 0 Å². The first-order chi connectivity index (χ1) is 11.7. The minimum Gasteiger partial charge on any atom is -0.377 e. The SMILES string of the molecule is Cc1c(N(C)C)ccc2c1N(c1ccccc1)c1ccccc1N2. The molecule has 0 amide bonds. The zero-order valence-electron chi connectivity index (χ0n) is 14.2. The summed E-state index contributed by atoms with van der Waals surface area (Å²) in [4.78, 5) is 4.52. The Morgan fingerprint density at radius 3 is 2.25 bits per heavy atom. The second-order valence-electron chi connectivity index (χ2n) is 6.31. The average Bonchev–Trinajstić information content (AvgIpc) is 2.60. The van der Waals surface area contributed by atoms with Crippen molar-refractivity contribution in [3.63, 3.8) is 0 Å². The summed E-state index contributed by atoms with van der Waals surface area (Å²) < 4.78 is 0. The maximum Gasteiger partial charge on any atom is 0.0747 e. The molecule has 1 aliphatic heterocycles. The molecule has 4 rings (SSSR count). The Morgan fingerprint density at radius 2 is 1.50 bits per heavy atom. The Labute approximate surface area is 143 Å². The van der Waals surface area contributed by atoms with Crippen LogP contribution in [0.2, 0.25) is 0 Å². The van der Waals surface area contributed by atoms with E-state index in [1.165, 1.54) is 28.3 Å². The highest BCUT2D eigenvalue weighted by atomic mass is 15.2. The van der Waals surface area contributed by atoms with Crippen molar-refractivity contribution in [2.75, 3.05) is 29.2 Å². The van der Waals surface area contributed by atoms with Gasteiger partial charge in [-0.1, -0.05) is 30.3 Å². The van der Waals surface area contributed by atoms with Gasteiger partial charge < -0.3 is 15.1 Å². The van der Waals surface area contributed by atoms with Crippen LogP contribution in [0.25, 0.3) is 0 Å². The van der Waals surface area contributed by atoms with Crippen molar-refractivity contribution >= 4 is 34.1 Å². The number of fused-ring (bicyclic) bond motifs is 2. The minimum atomic E-state index is 1.13. The van der Waals surface area contributed by atoms with Crippen LogP contribution >= 0.6 is 0 Å². The lowest BCUT2D eigenvalue weighted by Gasteiger charge is -2.36. The summed E-state index contributed by atoms with van der Waals surface area (Å²) in [5.41, 5.74) is 8.33. The van der Waals surface area contributed by atoms with Crippen molar-refractivity contribution in [2.45, 2.75) is 6.92 Å². The van der Waals surface area contributed by atoms with E-state index in [0.29, 0.717) is 0 Å². The maximum absolute atomic E-state index is 3.59. The van der Waals surface area contributed by atoms with Gasteiger partial charge in [-0.15, -0.1) is 0 Å². The van der Waals surface area contributed by atoms with Gasteiger partial charge in [0.2, 0.25) is 0 Å². The van der Waals surface area contributed by atoms with Gasteiger partial charge in [-0.25, -0.2) is 0 Å². The van der Waals surface area contributed by atoms with Gasteiger partial charge in [0.05, 0.1) is 22.7 Å². The van der Waals surface area contributed by atoms with Gasteiger partial charge >= 0.3 is 0 Å². The summed E-state index contributed by atoms with van der Waals surface area (Å²) in [5.74, 6) is 0. The molecular formula is C21H21N3. The van der Waals surface area contributed by atoms with E-state index in [2.05, 4.69) is 103 Å². The van der Waals surface area contributed by atoms with Crippen LogP contribution in [0.15, 0.2) is 66.7 Å². The van der Waals surface area contributed by atoms with Crippen LogP contribution in [-0.2, 0) is 0 Å². The van der Waals surface area contributed by atoms with Crippen molar-refractivity contribution in [3.8, 4) is 0 Å². The summed E-state index contributed by atoms with van der Waals surface area (Å²) in [5, 5.41) is 3.59. The van der Waals surface area contributed by atoms with E-state index < -0.39 is 0 Å². The zero-order chi connectivity index (χ0) is 16.7. The number of hydrogen-bond donors (Lipinski definition) is 1. The number of hydrogen-bond acceptors (Lipinski definition) is 3. The van der Waals surface area contributed by atoms with Gasteiger partial charge in [0.15, 0.2) is 0 Å². The van der Waals surface area contributed by atoms with Gasteiger partial charge in [-0.3, -0.25) is 0 Å². The first-order valence-corrected chi connectivity index (χ1v) is 8.19. The Kier molecular flexibility index (Phi) is 3.42. The molecule has 3 aromatic rings. The second-order valence-corrected chi connectivity index (χ2v) is 6.31. The molecule has 0 aromatic heterocycles. The number of para-hydroxylation sites is 3. The molecule has 0 saturated heterocycles. The molecule has 120 valence electrons. The van der Waals surface area contributed by atoms with Gasteiger partial charge in [0.1, 0.15) is 0 Å². The summed E-state index contributed by atoms with van der Waals surface area (Å²) in [6, 6.07) is 23.4. The van der Waals surface area contributed by atoms with Crippen LogP contribution in [-0.4, -0.2) is 14.1 Å². The van der Waals surface area contributed by atoms with Gasteiger partial charge in [-0.05, 0) is 48.9 Å². The predicted molar refractivity (Wildman–Crippen MR) is 103 cm³/mol. The molecule has 0 atom stereocenters. The summed E-state index contributed by atoms with van der Waals surface area (Å²) in [6.07, 6.45) is 0. The monoisotopic (exact) mass is 315 g/mol. The lowest BCUT2D eigenvalue weighted by molar-refractivity contribution is 1.10. The smallest absolute Gasteiger partial charge is 0.0747 e. The third kappa shape index (κ3) is 2.21. The number of nitrogens with zero attached hydrogens (tertiary/aromatic N) is 2. The van der Waals surface area contributed by atoms with Crippen molar-refractivity contribution in [2.24, 2.45) is 0 Å². The highest BCUT2D eigenvalue weighted by molar-refractivity contribution is 5.99. The predicted octanol–water partition coefficient (Wildman–Crippen LogP) is 5.59. The molecular weight excluding hydrogens is 294 g/mol. The summed E-state index contributed by atoms with van der Waals surface area (Å²) in [7, 11) is 4.18. The quantitative estimate of drug-likeness (QED) is 0.520. The first-order valence-electron chi connectivity index (χ1n) is 8.19. The Hall–Kier alpha value is -2.94. The molecule has 0 spiro atoms. The Morgan fingerprint density at radius 1 is 0.792 bits per heavy atom. The highest BCUT2D eigenvalue weighted by Gasteiger charge is 2.26. The third-order valence-electron chi connectivity index (χ3n) is 4.54. The van der Waals surface area contributed by atoms with Gasteiger partial charge in [0.25, 0.3) is 0 Å². The molecule has 0 aliphatic carbocycles. The number of anilines is 6. The Balaban J connectivity index is 2.00. The summed E-state index contributed by atoms with van der Waals surface area (Å²) in [6.45, 7) is 2.19. The van der Waals surface area contributed by atoms with Crippen LogP contribution in [0.1, 0.15) is 5.56 Å². The van der Waals surface area contributed by atoms with Crippen molar-refractivity contribution in [1.29, 1.82) is 0 Å². The molecule has 0 fully saturated rings.